The van der Waals surface area contributed by atoms with E-state index in [1.807, 2.05) is 6.92 Å². The first-order valence-corrected chi connectivity index (χ1v) is 9.45. The van der Waals surface area contributed by atoms with Gasteiger partial charge in [0.2, 0.25) is 11.8 Å². The molecule has 0 aromatic heterocycles. The molecule has 3 N–H and O–H groups in total. The van der Waals surface area contributed by atoms with Crippen molar-refractivity contribution in [3.63, 3.8) is 0 Å². The van der Waals surface area contributed by atoms with Crippen LogP contribution in [0.15, 0.2) is 18.2 Å². The van der Waals surface area contributed by atoms with Gasteiger partial charge in [0.1, 0.15) is 0 Å². The predicted molar refractivity (Wildman–Crippen MR) is 109 cm³/mol. The molecule has 1 saturated carbocycles. The van der Waals surface area contributed by atoms with E-state index in [1.165, 1.54) is 0 Å². The second-order valence-corrected chi connectivity index (χ2v) is 7.31. The summed E-state index contributed by atoms with van der Waals surface area (Å²) in [5, 5.41) is 3.63. The van der Waals surface area contributed by atoms with Crippen molar-refractivity contribution >= 4 is 53.1 Å². The molecule has 0 aliphatic heterocycles. The lowest BCUT2D eigenvalue weighted by atomic mass is 9.94. The highest BCUT2D eigenvalue weighted by molar-refractivity contribution is 6.35. The lowest BCUT2D eigenvalue weighted by molar-refractivity contribution is -0.139. The van der Waals surface area contributed by atoms with Gasteiger partial charge in [0.05, 0.1) is 17.3 Å². The maximum Gasteiger partial charge on any atom is 0.244 e. The standard InChI is InChI=1S/C18H25Cl2N3O2.ClH/c1-2-8-23(18(25)14-5-3-4-12(14)10-21)11-17(24)22-16-9-13(19)6-7-15(16)20;/h6-7,9,12,14H,2-5,8,10-11,21H2,1H3,(H,22,24);1H/t12-,14-;/m1./s1. The Morgan fingerprint density at radius 3 is 2.69 bits per heavy atom. The SMILES string of the molecule is CCCN(CC(=O)Nc1cc(Cl)ccc1Cl)C(=O)[C@@H]1CCC[C@@H]1CN.Cl. The van der Waals surface area contributed by atoms with Gasteiger partial charge in [-0.15, -0.1) is 12.4 Å². The molecule has 26 heavy (non-hydrogen) atoms. The molecular formula is C18H26Cl3N3O2. The van der Waals surface area contributed by atoms with E-state index in [0.717, 1.165) is 25.7 Å². The number of benzene rings is 1. The topological polar surface area (TPSA) is 75.4 Å². The summed E-state index contributed by atoms with van der Waals surface area (Å²) >= 11 is 12.0. The Labute approximate surface area is 171 Å². The van der Waals surface area contributed by atoms with Gasteiger partial charge in [-0.1, -0.05) is 36.5 Å². The highest BCUT2D eigenvalue weighted by Crippen LogP contribution is 2.32. The number of amides is 2. The number of carbonyl (C=O) groups excluding carboxylic acids is 2. The van der Waals surface area contributed by atoms with Gasteiger partial charge in [0.15, 0.2) is 0 Å². The molecule has 0 unspecified atom stereocenters. The lowest BCUT2D eigenvalue weighted by Gasteiger charge is -2.27. The van der Waals surface area contributed by atoms with Crippen molar-refractivity contribution in [1.82, 2.24) is 4.90 Å². The van der Waals surface area contributed by atoms with E-state index in [-0.39, 0.29) is 42.6 Å². The van der Waals surface area contributed by atoms with Gasteiger partial charge in [-0.3, -0.25) is 9.59 Å². The molecule has 1 aliphatic carbocycles. The molecule has 1 aliphatic rings. The van der Waals surface area contributed by atoms with Crippen molar-refractivity contribution in [3.05, 3.63) is 28.2 Å². The fourth-order valence-electron chi connectivity index (χ4n) is 3.37. The van der Waals surface area contributed by atoms with Crippen LogP contribution in [-0.2, 0) is 9.59 Å². The van der Waals surface area contributed by atoms with Gasteiger partial charge >= 0.3 is 0 Å². The highest BCUT2D eigenvalue weighted by atomic mass is 35.5. The van der Waals surface area contributed by atoms with E-state index in [9.17, 15) is 9.59 Å². The summed E-state index contributed by atoms with van der Waals surface area (Å²) in [6.07, 6.45) is 3.64. The lowest BCUT2D eigenvalue weighted by Crippen LogP contribution is -2.43. The molecule has 1 aromatic carbocycles. The summed E-state index contributed by atoms with van der Waals surface area (Å²) in [6.45, 7) is 3.05. The van der Waals surface area contributed by atoms with Crippen LogP contribution in [-0.4, -0.2) is 36.3 Å². The minimum absolute atomic E-state index is 0. The predicted octanol–water partition coefficient (Wildman–Crippen LogP) is 3.97. The quantitative estimate of drug-likeness (QED) is 0.698. The van der Waals surface area contributed by atoms with Gasteiger partial charge < -0.3 is 16.0 Å². The molecule has 1 fully saturated rings. The Balaban J connectivity index is 0.00000338. The Bertz CT molecular complexity index is 628. The first-order chi connectivity index (χ1) is 12.0. The van der Waals surface area contributed by atoms with Crippen molar-refractivity contribution in [2.75, 3.05) is 25.0 Å². The Hall–Kier alpha value is -1.01. The van der Waals surface area contributed by atoms with Crippen LogP contribution in [0.2, 0.25) is 10.0 Å². The molecule has 2 atom stereocenters. The zero-order chi connectivity index (χ0) is 18.4. The fraction of sp³-hybridized carbons (Fsp3) is 0.556. The molecule has 2 amide bonds. The summed E-state index contributed by atoms with van der Waals surface area (Å²) in [5.41, 5.74) is 6.24. The van der Waals surface area contributed by atoms with Crippen LogP contribution in [0.5, 0.6) is 0 Å². The van der Waals surface area contributed by atoms with Crippen LogP contribution in [0.1, 0.15) is 32.6 Å². The van der Waals surface area contributed by atoms with Gasteiger partial charge in [-0.05, 0) is 49.9 Å². The Morgan fingerprint density at radius 2 is 2.04 bits per heavy atom. The number of anilines is 1. The van der Waals surface area contributed by atoms with Crippen molar-refractivity contribution < 1.29 is 9.59 Å². The molecule has 8 heteroatoms. The molecule has 0 bridgehead atoms. The number of hydrogen-bond acceptors (Lipinski definition) is 3. The van der Waals surface area contributed by atoms with Crippen molar-refractivity contribution in [3.8, 4) is 0 Å². The molecule has 0 saturated heterocycles. The van der Waals surface area contributed by atoms with E-state index in [4.69, 9.17) is 28.9 Å². The third-order valence-electron chi connectivity index (χ3n) is 4.62. The van der Waals surface area contributed by atoms with E-state index < -0.39 is 0 Å². The van der Waals surface area contributed by atoms with E-state index in [2.05, 4.69) is 5.32 Å². The van der Waals surface area contributed by atoms with E-state index >= 15 is 0 Å². The first-order valence-electron chi connectivity index (χ1n) is 8.70. The molecule has 0 spiro atoms. The Morgan fingerprint density at radius 1 is 1.31 bits per heavy atom. The van der Waals surface area contributed by atoms with Crippen LogP contribution in [0.3, 0.4) is 0 Å². The third kappa shape index (κ3) is 6.02. The summed E-state index contributed by atoms with van der Waals surface area (Å²) in [4.78, 5) is 26.9. The molecule has 0 radical (unpaired) electrons. The van der Waals surface area contributed by atoms with Crippen molar-refractivity contribution in [2.24, 2.45) is 17.6 Å². The van der Waals surface area contributed by atoms with E-state index in [1.54, 1.807) is 23.1 Å². The van der Waals surface area contributed by atoms with Crippen LogP contribution in [0, 0.1) is 11.8 Å². The average molecular weight is 423 g/mol. The first kappa shape index (κ1) is 23.0. The molecule has 2 rings (SSSR count). The molecular weight excluding hydrogens is 397 g/mol. The minimum atomic E-state index is -0.284. The number of nitrogens with zero attached hydrogens (tertiary/aromatic N) is 1. The van der Waals surface area contributed by atoms with Crippen LogP contribution in [0.25, 0.3) is 0 Å². The van der Waals surface area contributed by atoms with Crippen molar-refractivity contribution in [1.29, 1.82) is 0 Å². The van der Waals surface area contributed by atoms with Gasteiger partial charge in [0.25, 0.3) is 0 Å². The second kappa shape index (κ2) is 11.0. The third-order valence-corrected chi connectivity index (χ3v) is 5.19. The number of hydrogen-bond donors (Lipinski definition) is 2. The zero-order valence-electron chi connectivity index (χ0n) is 14.8. The fourth-order valence-corrected chi connectivity index (χ4v) is 3.71. The van der Waals surface area contributed by atoms with Gasteiger partial charge in [0, 0.05) is 17.5 Å². The number of nitrogens with one attached hydrogen (secondary N) is 1. The summed E-state index contributed by atoms with van der Waals surface area (Å²) < 4.78 is 0. The van der Waals surface area contributed by atoms with Gasteiger partial charge in [-0.2, -0.15) is 0 Å². The monoisotopic (exact) mass is 421 g/mol. The summed E-state index contributed by atoms with van der Waals surface area (Å²) in [7, 11) is 0. The van der Waals surface area contributed by atoms with E-state index in [0.29, 0.717) is 28.8 Å². The van der Waals surface area contributed by atoms with Crippen LogP contribution in [0.4, 0.5) is 5.69 Å². The number of rotatable bonds is 7. The maximum atomic E-state index is 12.9. The minimum Gasteiger partial charge on any atom is -0.333 e. The molecule has 146 valence electrons. The van der Waals surface area contributed by atoms with Crippen LogP contribution < -0.4 is 11.1 Å². The maximum absolute atomic E-state index is 12.9. The average Bonchev–Trinajstić information content (AvgIpc) is 3.05. The smallest absolute Gasteiger partial charge is 0.244 e. The molecule has 0 heterocycles. The molecule has 1 aromatic rings. The largest absolute Gasteiger partial charge is 0.333 e. The second-order valence-electron chi connectivity index (χ2n) is 6.47. The number of nitrogens with two attached hydrogens (primary N) is 1. The zero-order valence-corrected chi connectivity index (χ0v) is 17.2. The normalized spacial score (nSPS) is 18.9. The highest BCUT2D eigenvalue weighted by Gasteiger charge is 2.35. The summed E-state index contributed by atoms with van der Waals surface area (Å²) in [6, 6.07) is 4.87. The molecule has 5 nitrogen and oxygen atoms in total. The van der Waals surface area contributed by atoms with Crippen LogP contribution >= 0.6 is 35.6 Å². The Kier molecular flexibility index (Phi) is 9.72. The number of halogens is 3. The van der Waals surface area contributed by atoms with Crippen molar-refractivity contribution in [2.45, 2.75) is 32.6 Å². The summed E-state index contributed by atoms with van der Waals surface area (Å²) in [5.74, 6) is -0.105. The van der Waals surface area contributed by atoms with Gasteiger partial charge in [-0.25, -0.2) is 0 Å². The number of carbonyl (C=O) groups is 2.